The van der Waals surface area contributed by atoms with Crippen molar-refractivity contribution in [2.75, 3.05) is 0 Å². The van der Waals surface area contributed by atoms with Crippen LogP contribution in [0.4, 0.5) is 0 Å². The van der Waals surface area contributed by atoms with E-state index in [1.807, 2.05) is 0 Å². The van der Waals surface area contributed by atoms with Crippen LogP contribution in [-0.2, 0) is 17.6 Å². The fourth-order valence-corrected chi connectivity index (χ4v) is 4.16. The molecule has 1 atom stereocenters. The van der Waals surface area contributed by atoms with Gasteiger partial charge < -0.3 is 5.11 Å². The fourth-order valence-electron chi connectivity index (χ4n) is 2.98. The highest BCUT2D eigenvalue weighted by molar-refractivity contribution is 7.19. The summed E-state index contributed by atoms with van der Waals surface area (Å²) in [5, 5.41) is 14.1. The van der Waals surface area contributed by atoms with E-state index in [4.69, 9.17) is 5.11 Å². The lowest BCUT2D eigenvalue weighted by molar-refractivity contribution is -0.131. The number of aryl methyl sites for hydroxylation is 1. The molecule has 3 aromatic rings. The molecule has 4 rings (SSSR count). The summed E-state index contributed by atoms with van der Waals surface area (Å²) in [5.74, 6) is 0.0456. The molecule has 6 nitrogen and oxygen atoms in total. The first-order valence-electron chi connectivity index (χ1n) is 7.18. The van der Waals surface area contributed by atoms with Crippen molar-refractivity contribution in [3.05, 3.63) is 28.7 Å². The molecule has 1 aliphatic rings. The third-order valence-corrected chi connectivity index (χ3v) is 5.22. The maximum Gasteiger partial charge on any atom is 0.328 e. The minimum atomic E-state index is -1.01. The Morgan fingerprint density at radius 3 is 3.23 bits per heavy atom. The summed E-state index contributed by atoms with van der Waals surface area (Å²) < 4.78 is 1.64. The van der Waals surface area contributed by atoms with Gasteiger partial charge in [-0.1, -0.05) is 6.92 Å². The summed E-state index contributed by atoms with van der Waals surface area (Å²) in [4.78, 5) is 22.0. The molecule has 22 heavy (non-hydrogen) atoms. The number of thiophene rings is 1. The van der Waals surface area contributed by atoms with Gasteiger partial charge in [0.2, 0.25) is 0 Å². The molecule has 0 fully saturated rings. The van der Waals surface area contributed by atoms with Gasteiger partial charge in [0.25, 0.3) is 0 Å². The molecule has 1 N–H and O–H groups in total. The van der Waals surface area contributed by atoms with E-state index in [2.05, 4.69) is 22.0 Å². The Morgan fingerprint density at radius 1 is 1.55 bits per heavy atom. The van der Waals surface area contributed by atoms with Crippen LogP contribution in [0.5, 0.6) is 0 Å². The predicted molar refractivity (Wildman–Crippen MR) is 84.0 cm³/mol. The van der Waals surface area contributed by atoms with Crippen LogP contribution in [0.15, 0.2) is 12.4 Å². The number of hydrogen-bond donors (Lipinski definition) is 1. The van der Waals surface area contributed by atoms with Crippen molar-refractivity contribution in [1.29, 1.82) is 0 Å². The summed E-state index contributed by atoms with van der Waals surface area (Å²) >= 11 is 1.74. The maximum absolute atomic E-state index is 10.6. The second kappa shape index (κ2) is 4.88. The first-order chi connectivity index (χ1) is 10.6. The molecule has 0 unspecified atom stereocenters. The van der Waals surface area contributed by atoms with Gasteiger partial charge in [-0.15, -0.1) is 16.4 Å². The van der Waals surface area contributed by atoms with Crippen LogP contribution in [0, 0.1) is 5.92 Å². The molecular formula is C15H14N4O2S. The number of carboxylic acids is 1. The monoisotopic (exact) mass is 314 g/mol. The van der Waals surface area contributed by atoms with E-state index < -0.39 is 5.97 Å². The van der Waals surface area contributed by atoms with E-state index in [1.165, 1.54) is 22.9 Å². The summed E-state index contributed by atoms with van der Waals surface area (Å²) in [7, 11) is 0. The molecule has 0 spiro atoms. The van der Waals surface area contributed by atoms with Crippen molar-refractivity contribution < 1.29 is 9.90 Å². The Balaban J connectivity index is 1.94. The van der Waals surface area contributed by atoms with Crippen LogP contribution in [-0.4, -0.2) is 30.7 Å². The van der Waals surface area contributed by atoms with E-state index in [-0.39, 0.29) is 0 Å². The number of rotatable bonds is 2. The van der Waals surface area contributed by atoms with Crippen molar-refractivity contribution >= 4 is 39.2 Å². The van der Waals surface area contributed by atoms with Crippen molar-refractivity contribution in [3.63, 3.8) is 0 Å². The molecule has 0 bridgehead atoms. The number of aliphatic carboxylic acids is 1. The Labute approximate surface area is 130 Å². The average molecular weight is 314 g/mol. The Morgan fingerprint density at radius 2 is 2.41 bits per heavy atom. The van der Waals surface area contributed by atoms with Crippen molar-refractivity contribution in [3.8, 4) is 0 Å². The first kappa shape index (κ1) is 13.4. The first-order valence-corrected chi connectivity index (χ1v) is 8.00. The van der Waals surface area contributed by atoms with Crippen LogP contribution in [0.1, 0.15) is 29.6 Å². The fraction of sp³-hybridized carbons (Fsp3) is 0.333. The quantitative estimate of drug-likeness (QED) is 0.735. The van der Waals surface area contributed by atoms with Gasteiger partial charge in [-0.2, -0.15) is 0 Å². The Hall–Kier alpha value is -2.28. The molecule has 7 heteroatoms. The molecule has 0 radical (unpaired) electrons. The smallest absolute Gasteiger partial charge is 0.328 e. The van der Waals surface area contributed by atoms with Gasteiger partial charge in [-0.05, 0) is 36.8 Å². The van der Waals surface area contributed by atoms with Crippen LogP contribution in [0.2, 0.25) is 0 Å². The summed E-state index contributed by atoms with van der Waals surface area (Å²) in [5.41, 5.74) is 2.11. The van der Waals surface area contributed by atoms with Gasteiger partial charge >= 0.3 is 5.97 Å². The summed E-state index contributed by atoms with van der Waals surface area (Å²) in [6.45, 7) is 2.27. The minimum Gasteiger partial charge on any atom is -0.478 e. The predicted octanol–water partition coefficient (Wildman–Crippen LogP) is 2.56. The van der Waals surface area contributed by atoms with Gasteiger partial charge in [0.1, 0.15) is 11.2 Å². The standard InChI is InChI=1S/C15H14N4O2S/c1-8-2-3-10-9(6-8)13-14-17-11(4-5-12(20)21)18-19(14)7-16-15(13)22-10/h4-5,7-8H,2-3,6H2,1H3,(H,20,21)/b5-4+/t8-/m0/s1. The maximum atomic E-state index is 10.6. The molecule has 0 saturated heterocycles. The number of fused-ring (bicyclic) bond motifs is 5. The zero-order valence-electron chi connectivity index (χ0n) is 12.0. The minimum absolute atomic E-state index is 0.389. The van der Waals surface area contributed by atoms with Crippen LogP contribution in [0.3, 0.4) is 0 Å². The van der Waals surface area contributed by atoms with Crippen molar-refractivity contribution in [2.24, 2.45) is 5.92 Å². The molecule has 0 aliphatic heterocycles. The van der Waals surface area contributed by atoms with Crippen LogP contribution in [0.25, 0.3) is 21.9 Å². The number of carboxylic acid groups (broad SMARTS) is 1. The normalized spacial score (nSPS) is 18.3. The van der Waals surface area contributed by atoms with E-state index in [0.717, 1.165) is 34.8 Å². The number of aromatic nitrogens is 4. The Bertz CT molecular complexity index is 925. The number of carbonyl (C=O) groups is 1. The van der Waals surface area contributed by atoms with E-state index >= 15 is 0 Å². The van der Waals surface area contributed by atoms with E-state index in [0.29, 0.717) is 11.7 Å². The van der Waals surface area contributed by atoms with E-state index in [1.54, 1.807) is 22.2 Å². The summed E-state index contributed by atoms with van der Waals surface area (Å²) in [6.07, 6.45) is 7.46. The van der Waals surface area contributed by atoms with E-state index in [9.17, 15) is 4.79 Å². The molecule has 0 amide bonds. The van der Waals surface area contributed by atoms with Crippen LogP contribution < -0.4 is 0 Å². The molecule has 3 heterocycles. The zero-order chi connectivity index (χ0) is 15.3. The Kier molecular flexibility index (Phi) is 2.97. The lowest BCUT2D eigenvalue weighted by atomic mass is 9.89. The molecule has 3 aromatic heterocycles. The van der Waals surface area contributed by atoms with Crippen LogP contribution >= 0.6 is 11.3 Å². The third kappa shape index (κ3) is 2.09. The topological polar surface area (TPSA) is 80.4 Å². The second-order valence-electron chi connectivity index (χ2n) is 5.69. The molecular weight excluding hydrogens is 300 g/mol. The van der Waals surface area contributed by atoms with Gasteiger partial charge in [-0.25, -0.2) is 19.3 Å². The van der Waals surface area contributed by atoms with Gasteiger partial charge in [0, 0.05) is 11.0 Å². The van der Waals surface area contributed by atoms with Gasteiger partial charge in [0.15, 0.2) is 11.5 Å². The lowest BCUT2D eigenvalue weighted by Crippen LogP contribution is -2.09. The highest BCUT2D eigenvalue weighted by Gasteiger charge is 2.23. The lowest BCUT2D eigenvalue weighted by Gasteiger charge is -2.17. The zero-order valence-corrected chi connectivity index (χ0v) is 12.8. The highest BCUT2D eigenvalue weighted by Crippen LogP contribution is 2.38. The molecule has 112 valence electrons. The molecule has 1 aliphatic carbocycles. The van der Waals surface area contributed by atoms with Gasteiger partial charge in [0.05, 0.1) is 5.39 Å². The largest absolute Gasteiger partial charge is 0.478 e. The number of nitrogens with zero attached hydrogens (tertiary/aromatic N) is 4. The van der Waals surface area contributed by atoms with Crippen molar-refractivity contribution in [2.45, 2.75) is 26.2 Å². The second-order valence-corrected chi connectivity index (χ2v) is 6.77. The van der Waals surface area contributed by atoms with Crippen molar-refractivity contribution in [1.82, 2.24) is 19.6 Å². The SMILES string of the molecule is C[C@H]1CCc2sc3ncn4nc(/C=C/C(=O)O)nc4c3c2C1. The van der Waals surface area contributed by atoms with Gasteiger partial charge in [-0.3, -0.25) is 0 Å². The number of hydrogen-bond acceptors (Lipinski definition) is 5. The average Bonchev–Trinajstić information content (AvgIpc) is 3.04. The third-order valence-electron chi connectivity index (χ3n) is 4.02. The highest BCUT2D eigenvalue weighted by atomic mass is 32.1. The molecule has 0 aromatic carbocycles. The summed E-state index contributed by atoms with van der Waals surface area (Å²) in [6, 6.07) is 0. The molecule has 0 saturated carbocycles.